The van der Waals surface area contributed by atoms with E-state index in [4.69, 9.17) is 18.3 Å². The summed E-state index contributed by atoms with van der Waals surface area (Å²) >= 11 is 0. The molecular weight excluding hydrogens is 1010 g/mol. The molecule has 11 heteroatoms. The molecule has 0 fully saturated rings. The van der Waals surface area contributed by atoms with Crippen molar-refractivity contribution in [3.05, 3.63) is 143 Å². The monoisotopic (exact) mass is 1100 g/mol. The van der Waals surface area contributed by atoms with Gasteiger partial charge >= 0.3 is 0 Å². The Morgan fingerprint density at radius 2 is 0.885 bits per heavy atom. The summed E-state index contributed by atoms with van der Waals surface area (Å²) in [6.07, 6.45) is 10.3. The van der Waals surface area contributed by atoms with Crippen LogP contribution < -0.4 is 4.74 Å². The number of hydrogen-bond acceptors (Lipinski definition) is 7. The molecule has 1 atom stereocenters. The van der Waals surface area contributed by atoms with E-state index in [1.165, 1.54) is 67.9 Å². The van der Waals surface area contributed by atoms with Gasteiger partial charge in [0.25, 0.3) is 0 Å². The number of halogens is 2. The van der Waals surface area contributed by atoms with Crippen LogP contribution in [0, 0.1) is 11.6 Å². The van der Waals surface area contributed by atoms with Crippen LogP contribution in [0.3, 0.4) is 0 Å². The number of ether oxygens (including phenoxy) is 2. The van der Waals surface area contributed by atoms with Crippen molar-refractivity contribution in [1.29, 1.82) is 0 Å². The minimum Gasteiger partial charge on any atom is -0.508 e. The lowest BCUT2D eigenvalue weighted by atomic mass is 9.96. The van der Waals surface area contributed by atoms with E-state index in [9.17, 15) is 15.3 Å². The molecule has 0 aliphatic rings. The summed E-state index contributed by atoms with van der Waals surface area (Å²) in [6, 6.07) is 33.2. The highest BCUT2D eigenvalue weighted by Gasteiger charge is 2.38. The van der Waals surface area contributed by atoms with E-state index in [0.29, 0.717) is 61.7 Å². The summed E-state index contributed by atoms with van der Waals surface area (Å²) in [5.74, 6) is -0.233. The van der Waals surface area contributed by atoms with Crippen LogP contribution in [-0.2, 0) is 39.3 Å². The number of phenols is 3. The van der Waals surface area contributed by atoms with Crippen molar-refractivity contribution < 1.29 is 42.4 Å². The maximum absolute atomic E-state index is 15.6. The summed E-state index contributed by atoms with van der Waals surface area (Å²) in [5, 5.41) is 32.6. The number of benzene rings is 6. The van der Waals surface area contributed by atoms with Crippen molar-refractivity contribution in [3.8, 4) is 67.5 Å². The molecule has 6 rings (SSSR count). The van der Waals surface area contributed by atoms with Crippen molar-refractivity contribution >= 4 is 16.6 Å². The second-order valence-electron chi connectivity index (χ2n) is 24.0. The van der Waals surface area contributed by atoms with Gasteiger partial charge in [0.15, 0.2) is 16.6 Å². The molecule has 0 radical (unpaired) electrons. The van der Waals surface area contributed by atoms with Crippen molar-refractivity contribution in [2.24, 2.45) is 0 Å². The Kier molecular flexibility index (Phi) is 23.4. The summed E-state index contributed by atoms with van der Waals surface area (Å²) in [4.78, 5) is 0. The summed E-state index contributed by atoms with van der Waals surface area (Å²) in [5.41, 5.74) is 8.77. The maximum Gasteiger partial charge on any atom is 0.191 e. The average Bonchev–Trinajstić information content (AvgIpc) is 3.39. The van der Waals surface area contributed by atoms with Gasteiger partial charge in [0.1, 0.15) is 41.2 Å². The van der Waals surface area contributed by atoms with E-state index >= 15 is 8.78 Å². The first kappa shape index (κ1) is 63.5. The fourth-order valence-corrected chi connectivity index (χ4v) is 10.8. The molecule has 0 amide bonds. The van der Waals surface area contributed by atoms with Crippen molar-refractivity contribution in [2.45, 2.75) is 176 Å². The first-order valence-electron chi connectivity index (χ1n) is 28.5. The molecule has 78 heavy (non-hydrogen) atoms. The molecule has 3 N–H and O–H groups in total. The van der Waals surface area contributed by atoms with Crippen LogP contribution in [0.15, 0.2) is 109 Å². The van der Waals surface area contributed by atoms with E-state index in [2.05, 4.69) is 118 Å². The third-order valence-electron chi connectivity index (χ3n) is 15.8. The largest absolute Gasteiger partial charge is 0.508 e. The predicted octanol–water partition coefficient (Wildman–Crippen LogP) is 18.8. The molecule has 0 aromatic heterocycles. The van der Waals surface area contributed by atoms with E-state index < -0.39 is 28.3 Å². The summed E-state index contributed by atoms with van der Waals surface area (Å²) in [6.45, 7) is 32.2. The van der Waals surface area contributed by atoms with Crippen LogP contribution in [0.1, 0.15) is 130 Å². The first-order chi connectivity index (χ1) is 36.8. The van der Waals surface area contributed by atoms with E-state index in [1.807, 2.05) is 38.1 Å². The molecule has 6 aromatic rings. The van der Waals surface area contributed by atoms with Gasteiger partial charge in [-0.3, -0.25) is 0 Å². The molecule has 1 unspecified atom stereocenters. The summed E-state index contributed by atoms with van der Waals surface area (Å²) < 4.78 is 55.2. The van der Waals surface area contributed by atoms with Gasteiger partial charge in [0.05, 0.1) is 6.10 Å². The number of aromatic hydroxyl groups is 3. The zero-order valence-corrected chi connectivity index (χ0v) is 51.6. The van der Waals surface area contributed by atoms with Gasteiger partial charge in [-0.05, 0) is 164 Å². The fourth-order valence-electron chi connectivity index (χ4n) is 8.71. The second kappa shape index (κ2) is 28.7. The fraction of sp³-hybridized carbons (Fsp3) is 0.463. The van der Waals surface area contributed by atoms with Gasteiger partial charge in [-0.2, -0.15) is 0 Å². The lowest BCUT2D eigenvalue weighted by Crippen LogP contribution is -2.41. The highest BCUT2D eigenvalue weighted by molar-refractivity contribution is 6.74. The third kappa shape index (κ3) is 17.9. The minimum absolute atomic E-state index is 0.0191. The molecule has 6 aromatic carbocycles. The number of aryl methyl sites for hydroxylation is 2. The van der Waals surface area contributed by atoms with E-state index in [-0.39, 0.29) is 44.6 Å². The molecule has 0 aliphatic heterocycles. The quantitative estimate of drug-likeness (QED) is 0.0298. The Bertz CT molecular complexity index is 2830. The van der Waals surface area contributed by atoms with Crippen LogP contribution in [-0.4, -0.2) is 64.5 Å². The molecule has 424 valence electrons. The molecule has 0 bridgehead atoms. The number of rotatable bonds is 25. The van der Waals surface area contributed by atoms with E-state index in [0.717, 1.165) is 40.7 Å². The van der Waals surface area contributed by atoms with Crippen molar-refractivity contribution in [1.82, 2.24) is 0 Å². The van der Waals surface area contributed by atoms with Crippen LogP contribution in [0.5, 0.6) is 23.0 Å². The molecule has 0 saturated carbocycles. The number of hydrogen-bond donors (Lipinski definition) is 3. The Labute approximate surface area is 469 Å². The molecule has 7 nitrogen and oxygen atoms in total. The topological polar surface area (TPSA) is 97.6 Å². The van der Waals surface area contributed by atoms with E-state index in [1.54, 1.807) is 30.3 Å². The second-order valence-corrected chi connectivity index (χ2v) is 33.6. The van der Waals surface area contributed by atoms with Gasteiger partial charge < -0.3 is 33.6 Å². The summed E-state index contributed by atoms with van der Waals surface area (Å²) in [7, 11) is -3.82. The van der Waals surface area contributed by atoms with Crippen LogP contribution in [0.25, 0.3) is 44.5 Å². The number of phenolic OH excluding ortho intramolecular Hbond substituents is 3. The average molecular weight is 1100 g/mol. The normalized spacial score (nSPS) is 12.6. The van der Waals surface area contributed by atoms with Gasteiger partial charge in [-0.25, -0.2) is 8.78 Å². The highest BCUT2D eigenvalue weighted by Crippen LogP contribution is 2.42. The van der Waals surface area contributed by atoms with Gasteiger partial charge in [0.2, 0.25) is 0 Å². The zero-order chi connectivity index (χ0) is 57.4. The van der Waals surface area contributed by atoms with Crippen LogP contribution in [0.4, 0.5) is 8.78 Å². The molecule has 0 saturated heterocycles. The standard InChI is InChI=1S/C36H51FO4Si.C31H41FO3Si/c1-9-11-12-13-27-14-16-28(17-15-27)29-18-19-31(33(37)22-29)32-24-35(40-25-26(3)39-10-2)30(23-34(32)38)20-21-41-42(7,8)36(4,5)6;1-7-8-9-10-22-11-13-23(14-12-22)24-15-16-26(28(32)19-24)27-21-29(33)25(20-30(27)34)17-18-35-36(5,6)31(2,3)4/h14-19,22-24,26,38H,9-13,20-21,25H2,1-8H3;11-16,19-21,33-34H,7-10,17-18H2,1-6H3. The molecule has 0 heterocycles. The highest BCUT2D eigenvalue weighted by atomic mass is 28.4. The maximum atomic E-state index is 15.6. The molecule has 0 spiro atoms. The minimum atomic E-state index is -1.93. The lowest BCUT2D eigenvalue weighted by molar-refractivity contribution is 0.0399. The lowest BCUT2D eigenvalue weighted by Gasteiger charge is -2.36. The van der Waals surface area contributed by atoms with Gasteiger partial charge in [0, 0.05) is 47.6 Å². The zero-order valence-electron chi connectivity index (χ0n) is 49.6. The van der Waals surface area contributed by atoms with Crippen LogP contribution >= 0.6 is 0 Å². The first-order valence-corrected chi connectivity index (χ1v) is 34.3. The molecular formula is C67H92F2O7Si2. The van der Waals surface area contributed by atoms with Gasteiger partial charge in [-0.15, -0.1) is 0 Å². The smallest absolute Gasteiger partial charge is 0.191 e. The van der Waals surface area contributed by atoms with Crippen molar-refractivity contribution in [3.63, 3.8) is 0 Å². The Morgan fingerprint density at radius 3 is 1.29 bits per heavy atom. The van der Waals surface area contributed by atoms with Crippen molar-refractivity contribution in [2.75, 3.05) is 26.4 Å². The predicted molar refractivity (Wildman–Crippen MR) is 326 cm³/mol. The SMILES string of the molecule is CCCCCc1ccc(-c2ccc(-c3cc(O)c(CCO[Si](C)(C)C(C)(C)C)cc3O)c(F)c2)cc1.CCCCCc1ccc(-c2ccc(-c3cc(OCC(C)OCC)c(CCO[Si](C)(C)C(C)(C)C)cc3O)c(F)c2)cc1. The number of unbranched alkanes of at least 4 members (excludes halogenated alkanes) is 4. The molecule has 0 aliphatic carbocycles. The third-order valence-corrected chi connectivity index (χ3v) is 24.9. The Balaban J connectivity index is 0.000000291. The van der Waals surface area contributed by atoms with Crippen LogP contribution in [0.2, 0.25) is 36.3 Å². The Hall–Kier alpha value is -5.31. The van der Waals surface area contributed by atoms with Gasteiger partial charge in [-0.1, -0.05) is 154 Å². The Morgan fingerprint density at radius 1 is 0.474 bits per heavy atom.